The first-order chi connectivity index (χ1) is 13.6. The number of pyridine rings is 1. The summed E-state index contributed by atoms with van der Waals surface area (Å²) in [7, 11) is 0. The van der Waals surface area contributed by atoms with Gasteiger partial charge in [-0.15, -0.1) is 0 Å². The van der Waals surface area contributed by atoms with Crippen LogP contribution in [0, 0.1) is 5.82 Å². The number of hydrogen-bond donors (Lipinski definition) is 1. The minimum Gasteiger partial charge on any atom is -0.379 e. The maximum atomic E-state index is 13.9. The fraction of sp³-hybridized carbons (Fsp3) is 0.455. The summed E-state index contributed by atoms with van der Waals surface area (Å²) in [6.45, 7) is 5.53. The van der Waals surface area contributed by atoms with Crippen molar-refractivity contribution < 1.29 is 9.18 Å². The van der Waals surface area contributed by atoms with Gasteiger partial charge in [0.15, 0.2) is 0 Å². The normalized spacial score (nSPS) is 19.6. The molecule has 1 fully saturated rings. The number of fused-ring (bicyclic) bond motifs is 1. The number of nitrogens with zero attached hydrogens (tertiary/aromatic N) is 3. The summed E-state index contributed by atoms with van der Waals surface area (Å²) >= 11 is 0. The summed E-state index contributed by atoms with van der Waals surface area (Å²) in [5, 5.41) is 3.72. The van der Waals surface area contributed by atoms with Crippen LogP contribution in [0.2, 0.25) is 0 Å². The number of para-hydroxylation sites is 1. The first-order valence-electron chi connectivity index (χ1n) is 10.0. The topological polar surface area (TPSA) is 48.5 Å². The summed E-state index contributed by atoms with van der Waals surface area (Å²) < 4.78 is 13.9. The number of aromatic nitrogens is 1. The van der Waals surface area contributed by atoms with Gasteiger partial charge in [-0.3, -0.25) is 14.7 Å². The third-order valence-corrected chi connectivity index (χ3v) is 6.02. The number of amides is 1. The van der Waals surface area contributed by atoms with E-state index < -0.39 is 0 Å². The van der Waals surface area contributed by atoms with E-state index in [2.05, 4.69) is 27.3 Å². The molecule has 2 aliphatic rings. The lowest BCUT2D eigenvalue weighted by Gasteiger charge is -2.45. The standard InChI is InChI=1S/C22H27FN4O/c1-2-27-15-17-6-3-4-8-19(17)25-22(14-21(27)28)9-12-26(13-10-22)16-20-18(23)7-5-11-24-20/h3-8,11,25H,2,9-10,12-16H2,1H3. The molecule has 2 aromatic rings. The van der Waals surface area contributed by atoms with E-state index >= 15 is 0 Å². The molecule has 28 heavy (non-hydrogen) atoms. The van der Waals surface area contributed by atoms with Crippen LogP contribution in [0.4, 0.5) is 10.1 Å². The highest BCUT2D eigenvalue weighted by atomic mass is 19.1. The Bertz CT molecular complexity index is 848. The Kier molecular flexibility index (Phi) is 5.31. The van der Waals surface area contributed by atoms with Crippen LogP contribution in [0.1, 0.15) is 37.4 Å². The molecule has 0 aliphatic carbocycles. The molecule has 5 nitrogen and oxygen atoms in total. The summed E-state index contributed by atoms with van der Waals surface area (Å²) in [6.07, 6.45) is 3.83. The van der Waals surface area contributed by atoms with Crippen molar-refractivity contribution in [3.8, 4) is 0 Å². The minimum atomic E-state index is -0.255. The average Bonchev–Trinajstić information content (AvgIpc) is 2.69. The number of carbonyl (C=O) groups excluding carboxylic acids is 1. The number of halogens is 1. The van der Waals surface area contributed by atoms with Gasteiger partial charge in [0.2, 0.25) is 5.91 Å². The van der Waals surface area contributed by atoms with E-state index in [9.17, 15) is 9.18 Å². The molecule has 1 amide bonds. The maximum absolute atomic E-state index is 13.9. The van der Waals surface area contributed by atoms with Crippen molar-refractivity contribution in [2.75, 3.05) is 25.0 Å². The summed E-state index contributed by atoms with van der Waals surface area (Å²) in [5.41, 5.74) is 2.52. The highest BCUT2D eigenvalue weighted by molar-refractivity contribution is 5.79. The molecule has 6 heteroatoms. The van der Waals surface area contributed by atoms with E-state index in [0.717, 1.165) is 37.2 Å². The van der Waals surface area contributed by atoms with Crippen LogP contribution in [0.5, 0.6) is 0 Å². The molecule has 1 aromatic heterocycles. The number of likely N-dealkylation sites (tertiary alicyclic amines) is 1. The molecule has 2 aliphatic heterocycles. The van der Waals surface area contributed by atoms with Crippen molar-refractivity contribution >= 4 is 11.6 Å². The lowest BCUT2D eigenvalue weighted by atomic mass is 9.82. The van der Waals surface area contributed by atoms with Crippen LogP contribution >= 0.6 is 0 Å². The number of anilines is 1. The first-order valence-corrected chi connectivity index (χ1v) is 10.0. The van der Waals surface area contributed by atoms with Gasteiger partial charge in [-0.25, -0.2) is 4.39 Å². The SMILES string of the molecule is CCN1Cc2ccccc2NC2(CCN(Cc3ncccc3F)CC2)CC1=O. The van der Waals surface area contributed by atoms with E-state index in [4.69, 9.17) is 0 Å². The Balaban J connectivity index is 1.52. The van der Waals surface area contributed by atoms with Crippen molar-refractivity contribution in [2.45, 2.75) is 44.8 Å². The highest BCUT2D eigenvalue weighted by Gasteiger charge is 2.39. The van der Waals surface area contributed by atoms with Gasteiger partial charge >= 0.3 is 0 Å². The Hall–Kier alpha value is -2.47. The zero-order valence-corrected chi connectivity index (χ0v) is 16.3. The van der Waals surface area contributed by atoms with Crippen molar-refractivity contribution in [3.05, 3.63) is 59.7 Å². The molecule has 0 saturated carbocycles. The highest BCUT2D eigenvalue weighted by Crippen LogP contribution is 2.35. The molecule has 0 radical (unpaired) electrons. The van der Waals surface area contributed by atoms with Crippen LogP contribution in [-0.4, -0.2) is 45.9 Å². The Morgan fingerprint density at radius 3 is 2.71 bits per heavy atom. The number of nitrogens with one attached hydrogen (secondary N) is 1. The molecule has 4 rings (SSSR count). The van der Waals surface area contributed by atoms with Gasteiger partial charge in [-0.05, 0) is 43.5 Å². The smallest absolute Gasteiger partial charge is 0.225 e. The number of carbonyl (C=O) groups is 1. The molecule has 3 heterocycles. The zero-order chi connectivity index (χ0) is 19.6. The third-order valence-electron chi connectivity index (χ3n) is 6.02. The molecule has 0 atom stereocenters. The maximum Gasteiger partial charge on any atom is 0.225 e. The average molecular weight is 382 g/mol. The molecule has 148 valence electrons. The van der Waals surface area contributed by atoms with Gasteiger partial charge in [0, 0.05) is 56.6 Å². The van der Waals surface area contributed by atoms with E-state index in [-0.39, 0.29) is 17.3 Å². The quantitative estimate of drug-likeness (QED) is 0.884. The van der Waals surface area contributed by atoms with Gasteiger partial charge in [0.25, 0.3) is 0 Å². The van der Waals surface area contributed by atoms with Crippen molar-refractivity contribution in [3.63, 3.8) is 0 Å². The third kappa shape index (κ3) is 3.87. The lowest BCUT2D eigenvalue weighted by molar-refractivity contribution is -0.133. The Morgan fingerprint density at radius 1 is 1.18 bits per heavy atom. The Morgan fingerprint density at radius 2 is 1.96 bits per heavy atom. The number of rotatable bonds is 3. The summed E-state index contributed by atoms with van der Waals surface area (Å²) in [5.74, 6) is -0.0525. The summed E-state index contributed by atoms with van der Waals surface area (Å²) in [4.78, 5) is 21.3. The van der Waals surface area contributed by atoms with Crippen molar-refractivity contribution in [1.82, 2.24) is 14.8 Å². The predicted molar refractivity (Wildman–Crippen MR) is 107 cm³/mol. The molecule has 0 unspecified atom stereocenters. The van der Waals surface area contributed by atoms with E-state index in [1.54, 1.807) is 12.3 Å². The van der Waals surface area contributed by atoms with Gasteiger partial charge in [0.05, 0.1) is 5.69 Å². The van der Waals surface area contributed by atoms with Crippen molar-refractivity contribution in [1.29, 1.82) is 0 Å². The lowest BCUT2D eigenvalue weighted by Crippen LogP contribution is -2.53. The number of hydrogen-bond acceptors (Lipinski definition) is 4. The molecule has 0 bridgehead atoms. The Labute approximate surface area is 165 Å². The van der Waals surface area contributed by atoms with E-state index in [0.29, 0.717) is 31.7 Å². The molecular formula is C22H27FN4O. The van der Waals surface area contributed by atoms with Gasteiger partial charge in [0.1, 0.15) is 5.82 Å². The van der Waals surface area contributed by atoms with Crippen LogP contribution in [0.25, 0.3) is 0 Å². The number of benzene rings is 1. The monoisotopic (exact) mass is 382 g/mol. The fourth-order valence-corrected chi connectivity index (χ4v) is 4.28. The second-order valence-electron chi connectivity index (χ2n) is 7.86. The predicted octanol–water partition coefficient (Wildman–Crippen LogP) is 3.42. The van der Waals surface area contributed by atoms with Crippen LogP contribution in [-0.2, 0) is 17.9 Å². The zero-order valence-electron chi connectivity index (χ0n) is 16.3. The van der Waals surface area contributed by atoms with Gasteiger partial charge in [-0.2, -0.15) is 0 Å². The van der Waals surface area contributed by atoms with Crippen LogP contribution < -0.4 is 5.32 Å². The molecular weight excluding hydrogens is 355 g/mol. The van der Waals surface area contributed by atoms with E-state index in [1.807, 2.05) is 24.0 Å². The fourth-order valence-electron chi connectivity index (χ4n) is 4.28. The van der Waals surface area contributed by atoms with Crippen LogP contribution in [0.15, 0.2) is 42.6 Å². The van der Waals surface area contributed by atoms with E-state index in [1.165, 1.54) is 6.07 Å². The van der Waals surface area contributed by atoms with Crippen molar-refractivity contribution in [2.24, 2.45) is 0 Å². The largest absolute Gasteiger partial charge is 0.379 e. The summed E-state index contributed by atoms with van der Waals surface area (Å²) in [6, 6.07) is 11.3. The van der Waals surface area contributed by atoms with Crippen LogP contribution in [0.3, 0.4) is 0 Å². The number of piperidine rings is 1. The molecule has 1 N–H and O–H groups in total. The second kappa shape index (κ2) is 7.87. The molecule has 1 aromatic carbocycles. The van der Waals surface area contributed by atoms with Gasteiger partial charge in [-0.1, -0.05) is 18.2 Å². The first kappa shape index (κ1) is 18.9. The minimum absolute atomic E-state index is 0.203. The van der Waals surface area contributed by atoms with Gasteiger partial charge < -0.3 is 10.2 Å². The second-order valence-corrected chi connectivity index (χ2v) is 7.86. The molecule has 1 saturated heterocycles. The molecule has 1 spiro atoms.